The summed E-state index contributed by atoms with van der Waals surface area (Å²) in [5.41, 5.74) is 1.90. The van der Waals surface area contributed by atoms with Crippen molar-refractivity contribution < 1.29 is 18.0 Å². The third-order valence-electron chi connectivity index (χ3n) is 5.34. The van der Waals surface area contributed by atoms with E-state index in [-0.39, 0.29) is 23.6 Å². The van der Waals surface area contributed by atoms with Gasteiger partial charge in [-0.25, -0.2) is 8.42 Å². The van der Waals surface area contributed by atoms with E-state index in [0.29, 0.717) is 30.6 Å². The van der Waals surface area contributed by atoms with Crippen LogP contribution in [0.15, 0.2) is 54.6 Å². The maximum atomic E-state index is 12.8. The van der Waals surface area contributed by atoms with Gasteiger partial charge in [-0.05, 0) is 49.1 Å². The second-order valence-electron chi connectivity index (χ2n) is 7.79. The molecule has 2 N–H and O–H groups in total. The normalized spacial score (nSPS) is 18.6. The summed E-state index contributed by atoms with van der Waals surface area (Å²) in [4.78, 5) is 25.5. The topological polar surface area (TPSA) is 95.6 Å². The van der Waals surface area contributed by atoms with Crippen LogP contribution in [0.5, 0.6) is 0 Å². The maximum absolute atomic E-state index is 12.8. The van der Waals surface area contributed by atoms with E-state index in [1.54, 1.807) is 24.3 Å². The van der Waals surface area contributed by atoms with Gasteiger partial charge in [0, 0.05) is 24.6 Å². The van der Waals surface area contributed by atoms with Crippen molar-refractivity contribution in [2.75, 3.05) is 16.6 Å². The molecule has 2 aromatic rings. The average Bonchev–Trinajstić information content (AvgIpc) is 3.48. The highest BCUT2D eigenvalue weighted by Gasteiger charge is 2.30. The fourth-order valence-electron chi connectivity index (χ4n) is 3.54. The minimum Gasteiger partial charge on any atom is -0.352 e. The predicted molar refractivity (Wildman–Crippen MR) is 115 cm³/mol. The van der Waals surface area contributed by atoms with Crippen LogP contribution in [-0.4, -0.2) is 44.6 Å². The van der Waals surface area contributed by atoms with Crippen LogP contribution in [0, 0.1) is 0 Å². The summed E-state index contributed by atoms with van der Waals surface area (Å²) in [7, 11) is -3.26. The summed E-state index contributed by atoms with van der Waals surface area (Å²) in [5, 5.41) is 5.80. The first kappa shape index (κ1) is 20.4. The van der Waals surface area contributed by atoms with Gasteiger partial charge in [0.2, 0.25) is 15.9 Å². The highest BCUT2D eigenvalue weighted by molar-refractivity contribution is 7.93. The molecular weight excluding hydrogens is 402 g/mol. The number of amides is 2. The fraction of sp³-hybridized carbons (Fsp3) is 0.364. The molecule has 0 bridgehead atoms. The number of nitrogens with zero attached hydrogens (tertiary/aromatic N) is 1. The molecule has 2 amide bonds. The number of rotatable bonds is 7. The Morgan fingerprint density at radius 2 is 1.73 bits per heavy atom. The van der Waals surface area contributed by atoms with E-state index in [9.17, 15) is 18.0 Å². The molecule has 158 valence electrons. The molecule has 1 saturated heterocycles. The highest BCUT2D eigenvalue weighted by Crippen LogP contribution is 2.24. The van der Waals surface area contributed by atoms with Gasteiger partial charge in [-0.1, -0.05) is 30.3 Å². The highest BCUT2D eigenvalue weighted by atomic mass is 32.2. The van der Waals surface area contributed by atoms with E-state index in [1.807, 2.05) is 30.3 Å². The molecule has 4 rings (SSSR count). The molecule has 2 aliphatic rings. The lowest BCUT2D eigenvalue weighted by Gasteiger charge is -2.20. The first-order chi connectivity index (χ1) is 14.4. The fourth-order valence-corrected chi connectivity index (χ4v) is 5.10. The van der Waals surface area contributed by atoms with Gasteiger partial charge >= 0.3 is 0 Å². The van der Waals surface area contributed by atoms with E-state index in [4.69, 9.17) is 0 Å². The number of carbonyl (C=O) groups excluding carboxylic acids is 2. The van der Waals surface area contributed by atoms with Crippen LogP contribution in [0.3, 0.4) is 0 Å². The number of carbonyl (C=O) groups is 2. The van der Waals surface area contributed by atoms with E-state index in [2.05, 4.69) is 10.6 Å². The number of hydrogen-bond acceptors (Lipinski definition) is 4. The molecule has 1 heterocycles. The van der Waals surface area contributed by atoms with E-state index < -0.39 is 16.1 Å². The van der Waals surface area contributed by atoms with Crippen molar-refractivity contribution in [1.82, 2.24) is 10.6 Å². The van der Waals surface area contributed by atoms with Crippen molar-refractivity contribution >= 4 is 27.5 Å². The Morgan fingerprint density at radius 1 is 1.03 bits per heavy atom. The van der Waals surface area contributed by atoms with Crippen molar-refractivity contribution in [3.05, 3.63) is 65.7 Å². The average molecular weight is 428 g/mol. The van der Waals surface area contributed by atoms with Gasteiger partial charge in [0.1, 0.15) is 6.04 Å². The molecule has 0 radical (unpaired) electrons. The Hall–Kier alpha value is -2.87. The number of nitrogens with one attached hydrogen (secondary N) is 2. The Balaban J connectivity index is 1.46. The second kappa shape index (κ2) is 8.47. The molecule has 0 aromatic heterocycles. The summed E-state index contributed by atoms with van der Waals surface area (Å²) >= 11 is 0. The SMILES string of the molecule is O=C(NC(Cc1ccccc1)C(=O)NC1CC1)c1ccc(N2CCCS2(=O)=O)cc1. The number of sulfonamides is 1. The van der Waals surface area contributed by atoms with Crippen LogP contribution in [0.4, 0.5) is 5.69 Å². The van der Waals surface area contributed by atoms with Crippen molar-refractivity contribution in [2.45, 2.75) is 37.8 Å². The summed E-state index contributed by atoms with van der Waals surface area (Å²) in [6.45, 7) is 0.453. The van der Waals surface area contributed by atoms with Gasteiger partial charge in [-0.2, -0.15) is 0 Å². The molecule has 1 unspecified atom stereocenters. The smallest absolute Gasteiger partial charge is 0.251 e. The maximum Gasteiger partial charge on any atom is 0.251 e. The first-order valence-electron chi connectivity index (χ1n) is 10.2. The third-order valence-corrected chi connectivity index (χ3v) is 7.21. The molecule has 1 saturated carbocycles. The van der Waals surface area contributed by atoms with E-state index >= 15 is 0 Å². The van der Waals surface area contributed by atoms with Crippen molar-refractivity contribution in [1.29, 1.82) is 0 Å². The third kappa shape index (κ3) is 4.81. The summed E-state index contributed by atoms with van der Waals surface area (Å²) in [6.07, 6.45) is 2.94. The van der Waals surface area contributed by atoms with Gasteiger partial charge in [0.25, 0.3) is 5.91 Å². The van der Waals surface area contributed by atoms with Crippen molar-refractivity contribution in [2.24, 2.45) is 0 Å². The van der Waals surface area contributed by atoms with Crippen LogP contribution in [0.25, 0.3) is 0 Å². The quantitative estimate of drug-likeness (QED) is 0.705. The van der Waals surface area contributed by atoms with Crippen LogP contribution < -0.4 is 14.9 Å². The van der Waals surface area contributed by atoms with E-state index in [1.165, 1.54) is 4.31 Å². The summed E-state index contributed by atoms with van der Waals surface area (Å²) in [6, 6.07) is 15.5. The van der Waals surface area contributed by atoms with Gasteiger partial charge in [-0.3, -0.25) is 13.9 Å². The minimum atomic E-state index is -3.26. The Kier molecular flexibility index (Phi) is 5.76. The standard InChI is InChI=1S/C22H25N3O4S/c26-21(17-7-11-19(12-8-17)25-13-4-14-30(25,28)29)24-20(22(27)23-18-9-10-18)15-16-5-2-1-3-6-16/h1-3,5-8,11-12,18,20H,4,9-10,13-15H2,(H,23,27)(H,24,26). The zero-order chi connectivity index (χ0) is 21.1. The molecule has 1 aliphatic carbocycles. The Labute approximate surface area is 176 Å². The van der Waals surface area contributed by atoms with Crippen LogP contribution in [-0.2, 0) is 21.2 Å². The minimum absolute atomic E-state index is 0.145. The van der Waals surface area contributed by atoms with Gasteiger partial charge in [0.05, 0.1) is 11.4 Å². The largest absolute Gasteiger partial charge is 0.352 e. The molecule has 2 aromatic carbocycles. The zero-order valence-corrected chi connectivity index (χ0v) is 17.4. The molecule has 1 aliphatic heterocycles. The van der Waals surface area contributed by atoms with Crippen molar-refractivity contribution in [3.8, 4) is 0 Å². The van der Waals surface area contributed by atoms with Gasteiger partial charge in [-0.15, -0.1) is 0 Å². The zero-order valence-electron chi connectivity index (χ0n) is 16.6. The number of anilines is 1. The number of benzene rings is 2. The van der Waals surface area contributed by atoms with Gasteiger partial charge < -0.3 is 10.6 Å². The van der Waals surface area contributed by atoms with Gasteiger partial charge in [0.15, 0.2) is 0 Å². The molecule has 0 spiro atoms. The summed E-state index contributed by atoms with van der Waals surface area (Å²) in [5.74, 6) is -0.404. The van der Waals surface area contributed by atoms with Crippen LogP contribution in [0.2, 0.25) is 0 Å². The Morgan fingerprint density at radius 3 is 2.33 bits per heavy atom. The van der Waals surface area contributed by atoms with Crippen LogP contribution >= 0.6 is 0 Å². The Bertz CT molecular complexity index is 1020. The monoisotopic (exact) mass is 427 g/mol. The lowest BCUT2D eigenvalue weighted by Crippen LogP contribution is -2.48. The molecule has 8 heteroatoms. The molecule has 7 nitrogen and oxygen atoms in total. The first-order valence-corrected chi connectivity index (χ1v) is 11.8. The van der Waals surface area contributed by atoms with E-state index in [0.717, 1.165) is 18.4 Å². The lowest BCUT2D eigenvalue weighted by molar-refractivity contribution is -0.123. The molecular formula is C22H25N3O4S. The molecule has 1 atom stereocenters. The van der Waals surface area contributed by atoms with Crippen LogP contribution in [0.1, 0.15) is 35.2 Å². The predicted octanol–water partition coefficient (Wildman–Crippen LogP) is 1.85. The molecule has 2 fully saturated rings. The molecule has 30 heavy (non-hydrogen) atoms. The second-order valence-corrected chi connectivity index (χ2v) is 9.80. The summed E-state index contributed by atoms with van der Waals surface area (Å²) < 4.78 is 25.5. The number of hydrogen-bond donors (Lipinski definition) is 2. The lowest BCUT2D eigenvalue weighted by atomic mass is 10.0. The van der Waals surface area contributed by atoms with Crippen molar-refractivity contribution in [3.63, 3.8) is 0 Å².